The van der Waals surface area contributed by atoms with Crippen LogP contribution in [0.2, 0.25) is 0 Å². The number of imide groups is 1. The Kier molecular flexibility index (Phi) is 4.86. The Morgan fingerprint density at radius 2 is 2.00 bits per heavy atom. The molecule has 3 N–H and O–H groups in total. The minimum atomic E-state index is -0.917. The van der Waals surface area contributed by atoms with Gasteiger partial charge in [-0.2, -0.15) is 0 Å². The molecule has 3 aromatic rings. The lowest BCUT2D eigenvalue weighted by molar-refractivity contribution is -0.119. The number of fused-ring (bicyclic) bond motifs is 1. The van der Waals surface area contributed by atoms with Crippen LogP contribution in [0.25, 0.3) is 15.9 Å². The average Bonchev–Trinajstić information content (AvgIpc) is 3.04. The van der Waals surface area contributed by atoms with E-state index in [1.807, 2.05) is 23.5 Å². The zero-order valence-corrected chi connectivity index (χ0v) is 14.8. The van der Waals surface area contributed by atoms with Crippen LogP contribution < -0.4 is 16.6 Å². The van der Waals surface area contributed by atoms with Gasteiger partial charge in [0.25, 0.3) is 5.56 Å². The van der Waals surface area contributed by atoms with Crippen LogP contribution in [-0.4, -0.2) is 26.7 Å². The average molecular weight is 374 g/mol. The number of nitrogens with two attached hydrogens (primary N) is 1. The molecule has 7 nitrogen and oxygen atoms in total. The maximum absolute atomic E-state index is 12.9. The number of thioether (sulfide) groups is 1. The van der Waals surface area contributed by atoms with Crippen LogP contribution in [0.3, 0.4) is 0 Å². The van der Waals surface area contributed by atoms with Crippen molar-refractivity contribution in [3.8, 4) is 5.69 Å². The first-order chi connectivity index (χ1) is 12.0. The van der Waals surface area contributed by atoms with Gasteiger partial charge in [-0.3, -0.25) is 19.5 Å². The number of benzene rings is 1. The molecule has 0 bridgehead atoms. The lowest BCUT2D eigenvalue weighted by atomic mass is 10.3. The Balaban J connectivity index is 2.09. The predicted octanol–water partition coefficient (Wildman–Crippen LogP) is 2.12. The van der Waals surface area contributed by atoms with Gasteiger partial charge in [0.05, 0.1) is 16.3 Å². The fourth-order valence-corrected chi connectivity index (χ4v) is 3.95. The number of aromatic nitrogens is 2. The van der Waals surface area contributed by atoms with Crippen LogP contribution >= 0.6 is 23.1 Å². The first-order valence-electron chi connectivity index (χ1n) is 7.30. The topological polar surface area (TPSA) is 107 Å². The molecule has 2 aromatic heterocycles. The lowest BCUT2D eigenvalue weighted by Gasteiger charge is -2.15. The van der Waals surface area contributed by atoms with Gasteiger partial charge in [0.2, 0.25) is 5.91 Å². The summed E-state index contributed by atoms with van der Waals surface area (Å²) in [5.74, 6) is -0.544. The molecule has 0 aliphatic rings. The number of rotatable bonds is 4. The number of hydrogen-bond acceptors (Lipinski definition) is 6. The van der Waals surface area contributed by atoms with Crippen LogP contribution in [0, 0.1) is 0 Å². The monoisotopic (exact) mass is 374 g/mol. The molecule has 0 saturated carbocycles. The third-order valence-electron chi connectivity index (χ3n) is 3.38. The Hall–Kier alpha value is -2.65. The molecule has 1 atom stereocenters. The molecule has 25 heavy (non-hydrogen) atoms. The number of nitrogens with one attached hydrogen (secondary N) is 1. The summed E-state index contributed by atoms with van der Waals surface area (Å²) in [6.07, 6.45) is 0. The Labute approximate surface area is 150 Å². The summed E-state index contributed by atoms with van der Waals surface area (Å²) in [6.45, 7) is 1.61. The van der Waals surface area contributed by atoms with Crippen molar-refractivity contribution >= 4 is 45.3 Å². The summed E-state index contributed by atoms with van der Waals surface area (Å²) < 4.78 is 1.47. The smallest absolute Gasteiger partial charge is 0.318 e. The fraction of sp³-hybridized carbons (Fsp3) is 0.125. The highest BCUT2D eigenvalue weighted by atomic mass is 32.2. The largest absolute Gasteiger partial charge is 0.351 e. The SMILES string of the molecule is C[C@H](Sc1nc2sccc2c(=O)n1-c1ccccc1)C(=O)NC(N)=O. The Morgan fingerprint density at radius 3 is 2.68 bits per heavy atom. The van der Waals surface area contributed by atoms with Crippen molar-refractivity contribution < 1.29 is 9.59 Å². The minimum absolute atomic E-state index is 0.206. The highest BCUT2D eigenvalue weighted by Crippen LogP contribution is 2.26. The molecule has 128 valence electrons. The van der Waals surface area contributed by atoms with Gasteiger partial charge in [-0.1, -0.05) is 30.0 Å². The van der Waals surface area contributed by atoms with E-state index >= 15 is 0 Å². The van der Waals surface area contributed by atoms with Crippen molar-refractivity contribution in [3.63, 3.8) is 0 Å². The van der Waals surface area contributed by atoms with Gasteiger partial charge in [0.15, 0.2) is 5.16 Å². The van der Waals surface area contributed by atoms with E-state index in [2.05, 4.69) is 4.98 Å². The van der Waals surface area contributed by atoms with E-state index in [0.717, 1.165) is 11.8 Å². The van der Waals surface area contributed by atoms with E-state index in [9.17, 15) is 14.4 Å². The number of amides is 3. The molecular formula is C16H14N4O3S2. The second kappa shape index (κ2) is 7.08. The third-order valence-corrected chi connectivity index (χ3v) is 5.24. The van der Waals surface area contributed by atoms with E-state index < -0.39 is 17.2 Å². The van der Waals surface area contributed by atoms with Crippen molar-refractivity contribution in [1.29, 1.82) is 0 Å². The van der Waals surface area contributed by atoms with Gasteiger partial charge >= 0.3 is 6.03 Å². The first kappa shape index (κ1) is 17.2. The normalized spacial score (nSPS) is 12.0. The number of carbonyl (C=O) groups is 2. The van der Waals surface area contributed by atoms with Gasteiger partial charge in [-0.15, -0.1) is 11.3 Å². The molecule has 0 aliphatic carbocycles. The van der Waals surface area contributed by atoms with Crippen LogP contribution in [0.15, 0.2) is 51.7 Å². The number of thiophene rings is 1. The van der Waals surface area contributed by atoms with Crippen molar-refractivity contribution in [3.05, 3.63) is 52.1 Å². The summed E-state index contributed by atoms with van der Waals surface area (Å²) in [6, 6.07) is 9.88. The lowest BCUT2D eigenvalue weighted by Crippen LogP contribution is -2.39. The molecule has 0 radical (unpaired) electrons. The Bertz CT molecular complexity index is 998. The van der Waals surface area contributed by atoms with E-state index in [-0.39, 0.29) is 5.56 Å². The van der Waals surface area contributed by atoms with Crippen LogP contribution in [-0.2, 0) is 4.79 Å². The number of para-hydroxylation sites is 1. The molecule has 0 saturated heterocycles. The second-order valence-corrected chi connectivity index (χ2v) is 7.33. The zero-order chi connectivity index (χ0) is 18.0. The van der Waals surface area contributed by atoms with Crippen molar-refractivity contribution in [1.82, 2.24) is 14.9 Å². The van der Waals surface area contributed by atoms with Crippen LogP contribution in [0.4, 0.5) is 4.79 Å². The van der Waals surface area contributed by atoms with Crippen molar-refractivity contribution in [2.75, 3.05) is 0 Å². The first-order valence-corrected chi connectivity index (χ1v) is 9.06. The molecule has 0 unspecified atom stereocenters. The molecule has 0 fully saturated rings. The third kappa shape index (κ3) is 3.57. The number of primary amides is 1. The molecule has 1 aromatic carbocycles. The summed E-state index contributed by atoms with van der Waals surface area (Å²) >= 11 is 2.44. The molecule has 0 spiro atoms. The Morgan fingerprint density at radius 1 is 1.28 bits per heavy atom. The number of urea groups is 1. The van der Waals surface area contributed by atoms with E-state index in [1.54, 1.807) is 30.5 Å². The second-order valence-electron chi connectivity index (χ2n) is 5.12. The molecule has 3 amide bonds. The number of carbonyl (C=O) groups excluding carboxylic acids is 2. The maximum atomic E-state index is 12.9. The van der Waals surface area contributed by atoms with Crippen LogP contribution in [0.5, 0.6) is 0 Å². The van der Waals surface area contributed by atoms with Crippen molar-refractivity contribution in [2.24, 2.45) is 5.73 Å². The van der Waals surface area contributed by atoms with Gasteiger partial charge < -0.3 is 5.73 Å². The highest BCUT2D eigenvalue weighted by molar-refractivity contribution is 8.00. The summed E-state index contributed by atoms with van der Waals surface area (Å²) in [4.78, 5) is 40.8. The molecule has 9 heteroatoms. The molecule has 2 heterocycles. The van der Waals surface area contributed by atoms with E-state index in [4.69, 9.17) is 5.73 Å². The number of hydrogen-bond donors (Lipinski definition) is 2. The quantitative estimate of drug-likeness (QED) is 0.537. The minimum Gasteiger partial charge on any atom is -0.351 e. The van der Waals surface area contributed by atoms with Crippen molar-refractivity contribution in [2.45, 2.75) is 17.3 Å². The molecule has 3 rings (SSSR count). The van der Waals surface area contributed by atoms with Gasteiger partial charge in [-0.25, -0.2) is 9.78 Å². The summed E-state index contributed by atoms with van der Waals surface area (Å²) in [5, 5.41) is 4.07. The predicted molar refractivity (Wildman–Crippen MR) is 98.3 cm³/mol. The fourth-order valence-electron chi connectivity index (χ4n) is 2.21. The van der Waals surface area contributed by atoms with Crippen LogP contribution in [0.1, 0.15) is 6.92 Å². The van der Waals surface area contributed by atoms with E-state index in [0.29, 0.717) is 21.1 Å². The van der Waals surface area contributed by atoms with Gasteiger partial charge in [0.1, 0.15) is 4.83 Å². The molecule has 0 aliphatic heterocycles. The molecular weight excluding hydrogens is 360 g/mol. The standard InChI is InChI=1S/C16H14N4O3S2/c1-9(12(21)18-15(17)23)25-16-19-13-11(7-8-24-13)14(22)20(16)10-5-3-2-4-6-10/h2-9H,1H3,(H3,17,18,21,23)/t9-/m0/s1. The summed E-state index contributed by atoms with van der Waals surface area (Å²) in [5.41, 5.74) is 5.43. The maximum Gasteiger partial charge on any atom is 0.318 e. The van der Waals surface area contributed by atoms with Gasteiger partial charge in [-0.05, 0) is 30.5 Å². The number of nitrogens with zero attached hydrogens (tertiary/aromatic N) is 2. The summed E-state index contributed by atoms with van der Waals surface area (Å²) in [7, 11) is 0. The van der Waals surface area contributed by atoms with Gasteiger partial charge in [0, 0.05) is 0 Å². The highest BCUT2D eigenvalue weighted by Gasteiger charge is 2.21. The van der Waals surface area contributed by atoms with E-state index in [1.165, 1.54) is 15.9 Å². The zero-order valence-electron chi connectivity index (χ0n) is 13.1.